The van der Waals surface area contributed by atoms with E-state index in [9.17, 15) is 8.42 Å². The average Bonchev–Trinajstić information content (AvgIpc) is 2.87. The van der Waals surface area contributed by atoms with E-state index in [0.717, 1.165) is 25.9 Å². The van der Waals surface area contributed by atoms with Crippen molar-refractivity contribution >= 4 is 21.4 Å². The molecule has 102 valence electrons. The molecule has 2 N–H and O–H groups in total. The fraction of sp³-hybridized carbons (Fsp3) is 0.636. The van der Waals surface area contributed by atoms with Crippen molar-refractivity contribution < 1.29 is 13.2 Å². The maximum atomic E-state index is 12.1. The Balaban J connectivity index is 1.99. The van der Waals surface area contributed by atoms with Crippen LogP contribution >= 0.6 is 11.3 Å². The van der Waals surface area contributed by atoms with E-state index in [1.807, 2.05) is 0 Å². The average molecular weight is 290 g/mol. The van der Waals surface area contributed by atoms with E-state index in [4.69, 9.17) is 4.74 Å². The number of thiophene rings is 1. The van der Waals surface area contributed by atoms with Gasteiger partial charge in [0.25, 0.3) is 10.0 Å². The van der Waals surface area contributed by atoms with Crippen molar-refractivity contribution in [3.63, 3.8) is 0 Å². The summed E-state index contributed by atoms with van der Waals surface area (Å²) in [6.45, 7) is 2.39. The maximum Gasteiger partial charge on any atom is 0.253 e. The number of methoxy groups -OCH3 is 1. The van der Waals surface area contributed by atoms with Crippen molar-refractivity contribution in [3.8, 4) is 5.75 Å². The molecule has 1 aromatic rings. The molecule has 0 spiro atoms. The van der Waals surface area contributed by atoms with Gasteiger partial charge in [0.1, 0.15) is 5.75 Å². The molecular formula is C11H18N2O3S2. The first-order chi connectivity index (χ1) is 8.63. The molecule has 0 aliphatic carbocycles. The molecular weight excluding hydrogens is 272 g/mol. The summed E-state index contributed by atoms with van der Waals surface area (Å²) in [5.41, 5.74) is 0. The number of hydrogen-bond donors (Lipinski definition) is 2. The number of piperidine rings is 1. The number of rotatable bonds is 5. The summed E-state index contributed by atoms with van der Waals surface area (Å²) in [7, 11) is -1.97. The van der Waals surface area contributed by atoms with Gasteiger partial charge in [-0.25, -0.2) is 13.1 Å². The maximum absolute atomic E-state index is 12.1. The molecule has 2 heterocycles. The van der Waals surface area contributed by atoms with Gasteiger partial charge in [0.2, 0.25) is 0 Å². The van der Waals surface area contributed by atoms with Gasteiger partial charge in [-0.05, 0) is 43.3 Å². The Labute approximate surface area is 112 Å². The third-order valence-electron chi connectivity index (χ3n) is 3.02. The summed E-state index contributed by atoms with van der Waals surface area (Å²) < 4.78 is 32.2. The second-order valence-electron chi connectivity index (χ2n) is 4.34. The molecule has 0 saturated carbocycles. The van der Waals surface area contributed by atoms with Crippen molar-refractivity contribution in [1.29, 1.82) is 0 Å². The highest BCUT2D eigenvalue weighted by molar-refractivity contribution is 7.91. The SMILES string of the molecule is COc1ccsc1S(=O)(=O)NCC1CCCNC1. The van der Waals surface area contributed by atoms with E-state index < -0.39 is 10.0 Å². The van der Waals surface area contributed by atoms with Crippen LogP contribution in [0.1, 0.15) is 12.8 Å². The fourth-order valence-electron chi connectivity index (χ4n) is 2.02. The van der Waals surface area contributed by atoms with Gasteiger partial charge in [-0.2, -0.15) is 0 Å². The highest BCUT2D eigenvalue weighted by Gasteiger charge is 2.23. The van der Waals surface area contributed by atoms with Gasteiger partial charge in [-0.1, -0.05) is 0 Å². The number of ether oxygens (including phenoxy) is 1. The summed E-state index contributed by atoms with van der Waals surface area (Å²) >= 11 is 1.18. The smallest absolute Gasteiger partial charge is 0.253 e. The molecule has 2 rings (SSSR count). The lowest BCUT2D eigenvalue weighted by Crippen LogP contribution is -2.37. The van der Waals surface area contributed by atoms with E-state index >= 15 is 0 Å². The zero-order valence-electron chi connectivity index (χ0n) is 10.3. The van der Waals surface area contributed by atoms with Gasteiger partial charge in [0, 0.05) is 6.54 Å². The van der Waals surface area contributed by atoms with Crippen LogP contribution in [0.4, 0.5) is 0 Å². The lowest BCUT2D eigenvalue weighted by molar-refractivity contribution is 0.375. The first kappa shape index (κ1) is 13.8. The minimum absolute atomic E-state index is 0.258. The topological polar surface area (TPSA) is 67.4 Å². The normalized spacial score (nSPS) is 20.8. The molecule has 1 unspecified atom stereocenters. The summed E-state index contributed by atoms with van der Waals surface area (Å²) in [6.07, 6.45) is 2.17. The minimum atomic E-state index is -3.44. The number of hydrogen-bond acceptors (Lipinski definition) is 5. The molecule has 1 aliphatic rings. The monoisotopic (exact) mass is 290 g/mol. The summed E-state index contributed by atoms with van der Waals surface area (Å²) in [5.74, 6) is 0.786. The zero-order valence-corrected chi connectivity index (χ0v) is 11.9. The first-order valence-electron chi connectivity index (χ1n) is 5.95. The summed E-state index contributed by atoms with van der Waals surface area (Å²) in [4.78, 5) is 0. The molecule has 0 bridgehead atoms. The Bertz CT molecular complexity index is 478. The van der Waals surface area contributed by atoms with Crippen molar-refractivity contribution in [2.45, 2.75) is 17.1 Å². The van der Waals surface area contributed by atoms with Crippen molar-refractivity contribution in [2.75, 3.05) is 26.7 Å². The van der Waals surface area contributed by atoms with Crippen LogP contribution in [0.5, 0.6) is 5.75 Å². The second-order valence-corrected chi connectivity index (χ2v) is 7.22. The molecule has 5 nitrogen and oxygen atoms in total. The number of sulfonamides is 1. The second kappa shape index (κ2) is 6.01. The third kappa shape index (κ3) is 3.23. The van der Waals surface area contributed by atoms with Crippen LogP contribution in [0, 0.1) is 5.92 Å². The molecule has 1 saturated heterocycles. The predicted octanol–water partition coefficient (Wildman–Crippen LogP) is 1.03. The molecule has 0 aromatic carbocycles. The molecule has 1 atom stereocenters. The van der Waals surface area contributed by atoms with E-state index in [1.165, 1.54) is 18.4 Å². The fourth-order valence-corrected chi connectivity index (χ4v) is 4.46. The first-order valence-corrected chi connectivity index (χ1v) is 8.31. The summed E-state index contributed by atoms with van der Waals surface area (Å²) in [5, 5.41) is 4.99. The van der Waals surface area contributed by atoms with Gasteiger partial charge in [-0.15, -0.1) is 11.3 Å². The molecule has 1 fully saturated rings. The standard InChI is InChI=1S/C11H18N2O3S2/c1-16-10-4-6-17-11(10)18(14,15)13-8-9-3-2-5-12-7-9/h4,6,9,12-13H,2-3,5,7-8H2,1H3. The molecule has 18 heavy (non-hydrogen) atoms. The Morgan fingerprint density at radius 3 is 3.11 bits per heavy atom. The van der Waals surface area contributed by atoms with Crippen LogP contribution in [0.3, 0.4) is 0 Å². The lowest BCUT2D eigenvalue weighted by Gasteiger charge is -2.22. The van der Waals surface area contributed by atoms with Crippen LogP contribution < -0.4 is 14.8 Å². The Morgan fingerprint density at radius 2 is 2.44 bits per heavy atom. The zero-order chi connectivity index (χ0) is 13.0. The van der Waals surface area contributed by atoms with E-state index in [0.29, 0.717) is 18.2 Å². The lowest BCUT2D eigenvalue weighted by atomic mass is 10.0. The van der Waals surface area contributed by atoms with Crippen LogP contribution in [-0.4, -0.2) is 35.2 Å². The predicted molar refractivity (Wildman–Crippen MR) is 71.7 cm³/mol. The molecule has 7 heteroatoms. The highest BCUT2D eigenvalue weighted by Crippen LogP contribution is 2.29. The van der Waals surface area contributed by atoms with Gasteiger partial charge in [-0.3, -0.25) is 0 Å². The van der Waals surface area contributed by atoms with Gasteiger partial charge in [0.05, 0.1) is 7.11 Å². The number of nitrogens with one attached hydrogen (secondary N) is 2. The van der Waals surface area contributed by atoms with Gasteiger partial charge >= 0.3 is 0 Å². The molecule has 0 amide bonds. The Morgan fingerprint density at radius 1 is 1.61 bits per heavy atom. The molecule has 1 aliphatic heterocycles. The van der Waals surface area contributed by atoms with E-state index in [-0.39, 0.29) is 4.21 Å². The van der Waals surface area contributed by atoms with E-state index in [1.54, 1.807) is 11.4 Å². The molecule has 1 aromatic heterocycles. The highest BCUT2D eigenvalue weighted by atomic mass is 32.2. The summed E-state index contributed by atoms with van der Waals surface area (Å²) in [6, 6.07) is 1.67. The van der Waals surface area contributed by atoms with Crippen LogP contribution in [0.25, 0.3) is 0 Å². The largest absolute Gasteiger partial charge is 0.494 e. The minimum Gasteiger partial charge on any atom is -0.494 e. The van der Waals surface area contributed by atoms with Crippen LogP contribution in [0.15, 0.2) is 15.7 Å². The van der Waals surface area contributed by atoms with Crippen molar-refractivity contribution in [1.82, 2.24) is 10.0 Å². The van der Waals surface area contributed by atoms with Crippen molar-refractivity contribution in [3.05, 3.63) is 11.4 Å². The quantitative estimate of drug-likeness (QED) is 0.850. The van der Waals surface area contributed by atoms with E-state index in [2.05, 4.69) is 10.0 Å². The van der Waals surface area contributed by atoms with Crippen LogP contribution in [0.2, 0.25) is 0 Å². The van der Waals surface area contributed by atoms with Crippen molar-refractivity contribution in [2.24, 2.45) is 5.92 Å². The van der Waals surface area contributed by atoms with Gasteiger partial charge in [0.15, 0.2) is 4.21 Å². The third-order valence-corrected chi connectivity index (χ3v) is 5.89. The Hall–Kier alpha value is -0.630. The van der Waals surface area contributed by atoms with Crippen LogP contribution in [-0.2, 0) is 10.0 Å². The van der Waals surface area contributed by atoms with Gasteiger partial charge < -0.3 is 10.1 Å². The Kier molecular flexibility index (Phi) is 4.60. The molecule has 0 radical (unpaired) electrons.